The normalized spacial score (nSPS) is 76.8. The summed E-state index contributed by atoms with van der Waals surface area (Å²) in [5.74, 6) is 7.12. The van der Waals surface area contributed by atoms with Crippen molar-refractivity contribution in [3.63, 3.8) is 0 Å². The van der Waals surface area contributed by atoms with Crippen LogP contribution in [0.3, 0.4) is 0 Å². The SMILES string of the molecule is COC(=O)[C@]12[C@@H]3[C@H]4CCC[C@H]4[C@H]4[C@H]3[C@@H]3[C@@H]5[C@@H]6[C@@H](CC[C@H]6[C@]1(O)[C@]54C)[C@@H]32. The number of methoxy groups -OCH3 is 1. The quantitative estimate of drug-likeness (QED) is 0.747. The average Bonchev–Trinajstić information content (AvgIpc) is 3.34. The molecule has 0 aliphatic heterocycles. The second-order valence-corrected chi connectivity index (χ2v) is 11.4. The monoisotopic (exact) mass is 340 g/mol. The first-order valence-corrected chi connectivity index (χ1v) is 10.9. The molecular weight excluding hydrogens is 312 g/mol. The summed E-state index contributed by atoms with van der Waals surface area (Å²) >= 11 is 0. The number of ether oxygens (including phenoxy) is 1. The van der Waals surface area contributed by atoms with Gasteiger partial charge in [0, 0.05) is 5.41 Å². The molecule has 134 valence electrons. The molecule has 0 aromatic heterocycles. The molecule has 0 aromatic rings. The highest BCUT2D eigenvalue weighted by Gasteiger charge is 3.01. The van der Waals surface area contributed by atoms with E-state index in [-0.39, 0.29) is 11.4 Å². The minimum atomic E-state index is -0.761. The molecule has 9 bridgehead atoms. The molecule has 0 amide bonds. The second kappa shape index (κ2) is 3.34. The van der Waals surface area contributed by atoms with Crippen LogP contribution in [0.2, 0.25) is 0 Å². The molecule has 9 saturated carbocycles. The van der Waals surface area contributed by atoms with Crippen LogP contribution in [0.15, 0.2) is 0 Å². The lowest BCUT2D eigenvalue weighted by atomic mass is 9.43. The highest BCUT2D eigenvalue weighted by Crippen LogP contribution is 2.98. The zero-order valence-corrected chi connectivity index (χ0v) is 15.2. The Morgan fingerprint density at radius 3 is 2.36 bits per heavy atom. The van der Waals surface area contributed by atoms with Gasteiger partial charge in [0.2, 0.25) is 0 Å². The summed E-state index contributed by atoms with van der Waals surface area (Å²) in [5.41, 5.74) is -1.30. The lowest BCUT2D eigenvalue weighted by Crippen LogP contribution is -2.72. The van der Waals surface area contributed by atoms with E-state index in [9.17, 15) is 9.90 Å². The number of fused-ring (bicyclic) bond motifs is 1. The Labute approximate surface area is 148 Å². The third-order valence-corrected chi connectivity index (χ3v) is 12.2. The molecule has 0 aromatic carbocycles. The van der Waals surface area contributed by atoms with Crippen LogP contribution in [-0.4, -0.2) is 23.8 Å². The van der Waals surface area contributed by atoms with Crippen LogP contribution in [-0.2, 0) is 9.53 Å². The molecule has 9 fully saturated rings. The number of hydrogen-bond acceptors (Lipinski definition) is 3. The van der Waals surface area contributed by atoms with Crippen LogP contribution in [0.4, 0.5) is 0 Å². The molecule has 9 rings (SSSR count). The van der Waals surface area contributed by atoms with Gasteiger partial charge in [-0.1, -0.05) is 13.3 Å². The Kier molecular flexibility index (Phi) is 1.81. The fourth-order valence-electron chi connectivity index (χ4n) is 13.0. The zero-order valence-electron chi connectivity index (χ0n) is 15.2. The predicted octanol–water partition coefficient (Wildman–Crippen LogP) is 2.72. The van der Waals surface area contributed by atoms with Crippen LogP contribution >= 0.6 is 0 Å². The molecule has 9 aliphatic rings. The summed E-state index contributed by atoms with van der Waals surface area (Å²) in [6, 6.07) is 0. The summed E-state index contributed by atoms with van der Waals surface area (Å²) in [6.45, 7) is 2.45. The maximum atomic E-state index is 13.6. The van der Waals surface area contributed by atoms with Gasteiger partial charge in [-0.15, -0.1) is 0 Å². The lowest BCUT2D eigenvalue weighted by Gasteiger charge is -2.62. The Bertz CT molecular complexity index is 762. The van der Waals surface area contributed by atoms with Gasteiger partial charge in [-0.05, 0) is 90.8 Å². The van der Waals surface area contributed by atoms with E-state index >= 15 is 0 Å². The minimum Gasteiger partial charge on any atom is -0.468 e. The number of carbonyl (C=O) groups is 1. The summed E-state index contributed by atoms with van der Waals surface area (Å²) in [5, 5.41) is 12.6. The number of esters is 1. The van der Waals surface area contributed by atoms with Crippen LogP contribution in [0.25, 0.3) is 0 Å². The Morgan fingerprint density at radius 1 is 0.920 bits per heavy atom. The highest BCUT2D eigenvalue weighted by molar-refractivity contribution is 5.83. The van der Waals surface area contributed by atoms with Gasteiger partial charge in [-0.3, -0.25) is 4.79 Å². The first-order valence-electron chi connectivity index (χ1n) is 10.9. The van der Waals surface area contributed by atoms with E-state index in [1.165, 1.54) is 32.1 Å². The van der Waals surface area contributed by atoms with Gasteiger partial charge in [-0.2, -0.15) is 0 Å². The maximum Gasteiger partial charge on any atom is 0.315 e. The number of rotatable bonds is 1. The van der Waals surface area contributed by atoms with E-state index in [0.717, 1.165) is 29.6 Å². The smallest absolute Gasteiger partial charge is 0.315 e. The lowest BCUT2D eigenvalue weighted by molar-refractivity contribution is -0.262. The van der Waals surface area contributed by atoms with E-state index in [2.05, 4.69) is 6.92 Å². The molecule has 14 atom stereocenters. The standard InChI is InChI=1S/C22H28O3/c1-20-15-8-4-3-5-9(8)16-13(15)14-17-10-6-7-11(12(10)18(14)20)22(20,24)21(16,17)19(23)25-2/h8-18,24H,3-7H2,1-2H3/t8-,9+,10-,11-,12-,13-,14+,15+,16-,17+,18+,20+,21-,22+/m1/s1. The molecule has 1 N–H and O–H groups in total. The van der Waals surface area contributed by atoms with Gasteiger partial charge in [0.15, 0.2) is 0 Å². The predicted molar refractivity (Wildman–Crippen MR) is 89.0 cm³/mol. The van der Waals surface area contributed by atoms with Crippen LogP contribution in [0.5, 0.6) is 0 Å². The fraction of sp³-hybridized carbons (Fsp3) is 0.955. The largest absolute Gasteiger partial charge is 0.468 e. The van der Waals surface area contributed by atoms with E-state index < -0.39 is 11.0 Å². The van der Waals surface area contributed by atoms with E-state index in [1.54, 1.807) is 7.11 Å². The number of carbonyl (C=O) groups excluding carboxylic acids is 1. The van der Waals surface area contributed by atoms with Crippen molar-refractivity contribution >= 4 is 5.97 Å². The molecule has 0 heterocycles. The first-order chi connectivity index (χ1) is 12.1. The van der Waals surface area contributed by atoms with Crippen molar-refractivity contribution in [2.45, 2.75) is 44.6 Å². The molecule has 0 unspecified atom stereocenters. The van der Waals surface area contributed by atoms with Crippen molar-refractivity contribution in [2.75, 3.05) is 7.11 Å². The molecule has 0 spiro atoms. The molecular formula is C22H28O3. The summed E-state index contributed by atoms with van der Waals surface area (Å²) in [4.78, 5) is 13.6. The van der Waals surface area contributed by atoms with Crippen LogP contribution in [0, 0.1) is 75.9 Å². The van der Waals surface area contributed by atoms with Crippen LogP contribution < -0.4 is 0 Å². The van der Waals surface area contributed by atoms with Crippen molar-refractivity contribution in [1.29, 1.82) is 0 Å². The van der Waals surface area contributed by atoms with Crippen molar-refractivity contribution in [3.8, 4) is 0 Å². The molecule has 9 aliphatic carbocycles. The highest BCUT2D eigenvalue weighted by atomic mass is 16.5. The zero-order chi connectivity index (χ0) is 16.7. The molecule has 0 saturated heterocycles. The molecule has 3 heteroatoms. The first kappa shape index (κ1) is 13.6. The van der Waals surface area contributed by atoms with Crippen molar-refractivity contribution in [1.82, 2.24) is 0 Å². The molecule has 3 nitrogen and oxygen atoms in total. The van der Waals surface area contributed by atoms with Crippen LogP contribution in [0.1, 0.15) is 39.0 Å². The minimum absolute atomic E-state index is 0.00220. The van der Waals surface area contributed by atoms with Crippen molar-refractivity contribution < 1.29 is 14.6 Å². The summed E-state index contributed by atoms with van der Waals surface area (Å²) in [7, 11) is 1.58. The van der Waals surface area contributed by atoms with E-state index in [1.807, 2.05) is 0 Å². The Hall–Kier alpha value is -0.570. The second-order valence-electron chi connectivity index (χ2n) is 11.4. The fourth-order valence-corrected chi connectivity index (χ4v) is 13.0. The maximum absolute atomic E-state index is 13.6. The van der Waals surface area contributed by atoms with Gasteiger partial charge in [0.05, 0.1) is 12.7 Å². The molecule has 25 heavy (non-hydrogen) atoms. The Balaban J connectivity index is 1.53. The van der Waals surface area contributed by atoms with E-state index in [4.69, 9.17) is 4.74 Å². The van der Waals surface area contributed by atoms with Gasteiger partial charge < -0.3 is 9.84 Å². The summed E-state index contributed by atoms with van der Waals surface area (Å²) in [6.07, 6.45) is 6.43. The summed E-state index contributed by atoms with van der Waals surface area (Å²) < 4.78 is 5.56. The molecule has 0 radical (unpaired) electrons. The van der Waals surface area contributed by atoms with Gasteiger partial charge in [0.1, 0.15) is 5.41 Å². The van der Waals surface area contributed by atoms with Gasteiger partial charge in [0.25, 0.3) is 0 Å². The average molecular weight is 340 g/mol. The van der Waals surface area contributed by atoms with Crippen molar-refractivity contribution in [3.05, 3.63) is 0 Å². The number of hydrogen-bond donors (Lipinski definition) is 1. The third kappa shape index (κ3) is 0.822. The van der Waals surface area contributed by atoms with Crippen molar-refractivity contribution in [2.24, 2.45) is 75.9 Å². The van der Waals surface area contributed by atoms with Gasteiger partial charge in [-0.25, -0.2) is 0 Å². The topological polar surface area (TPSA) is 46.5 Å². The number of aliphatic hydroxyl groups is 1. The van der Waals surface area contributed by atoms with E-state index in [0.29, 0.717) is 35.5 Å². The third-order valence-electron chi connectivity index (χ3n) is 12.2. The van der Waals surface area contributed by atoms with Gasteiger partial charge >= 0.3 is 5.97 Å². The Morgan fingerprint density at radius 2 is 1.60 bits per heavy atom.